The highest BCUT2D eigenvalue weighted by Gasteiger charge is 2.21. The average molecular weight is 227 g/mol. The quantitative estimate of drug-likeness (QED) is 0.763. The Balaban J connectivity index is 3.01. The monoisotopic (exact) mass is 226 g/mol. The Hall–Kier alpha value is -0.200. The van der Waals surface area contributed by atoms with Gasteiger partial charge in [0.15, 0.2) is 9.84 Å². The topological polar surface area (TPSA) is 59.9 Å². The van der Waals surface area contributed by atoms with Gasteiger partial charge in [-0.05, 0) is 18.5 Å². The van der Waals surface area contributed by atoms with E-state index in [1.807, 2.05) is 0 Å². The van der Waals surface area contributed by atoms with Gasteiger partial charge in [-0.25, -0.2) is 8.42 Å². The SMILES string of the molecule is CC(c1nnc(Cl)s1)S(C)(=O)=O. The minimum Gasteiger partial charge on any atom is -0.228 e. The van der Waals surface area contributed by atoms with E-state index in [-0.39, 0.29) is 4.47 Å². The van der Waals surface area contributed by atoms with E-state index in [9.17, 15) is 8.42 Å². The fourth-order valence-corrected chi connectivity index (χ4v) is 2.42. The maximum Gasteiger partial charge on any atom is 0.207 e. The van der Waals surface area contributed by atoms with E-state index in [1.54, 1.807) is 6.92 Å². The maximum absolute atomic E-state index is 11.0. The molecular formula is C5H7ClN2O2S2. The molecule has 0 aliphatic rings. The van der Waals surface area contributed by atoms with Gasteiger partial charge < -0.3 is 0 Å². The van der Waals surface area contributed by atoms with E-state index in [4.69, 9.17) is 11.6 Å². The Bertz CT molecular complexity index is 373. The van der Waals surface area contributed by atoms with Gasteiger partial charge in [0.05, 0.1) is 0 Å². The van der Waals surface area contributed by atoms with E-state index in [2.05, 4.69) is 10.2 Å². The van der Waals surface area contributed by atoms with Gasteiger partial charge in [-0.1, -0.05) is 11.3 Å². The molecule has 0 amide bonds. The molecule has 0 saturated carbocycles. The smallest absolute Gasteiger partial charge is 0.207 e. The second-order valence-electron chi connectivity index (χ2n) is 2.37. The molecule has 0 spiro atoms. The van der Waals surface area contributed by atoms with Crippen LogP contribution in [0.5, 0.6) is 0 Å². The molecule has 0 aliphatic carbocycles. The minimum absolute atomic E-state index is 0.264. The van der Waals surface area contributed by atoms with E-state index in [0.29, 0.717) is 5.01 Å². The molecule has 12 heavy (non-hydrogen) atoms. The number of halogens is 1. The Labute approximate surface area is 79.5 Å². The molecule has 0 aromatic carbocycles. The number of nitrogens with zero attached hydrogens (tertiary/aromatic N) is 2. The van der Waals surface area contributed by atoms with Crippen molar-refractivity contribution in [3.63, 3.8) is 0 Å². The van der Waals surface area contributed by atoms with Crippen molar-refractivity contribution in [3.8, 4) is 0 Å². The van der Waals surface area contributed by atoms with E-state index < -0.39 is 15.1 Å². The highest BCUT2D eigenvalue weighted by molar-refractivity contribution is 7.91. The number of hydrogen-bond donors (Lipinski definition) is 0. The van der Waals surface area contributed by atoms with Crippen LogP contribution in [0.4, 0.5) is 0 Å². The molecule has 1 aromatic heterocycles. The lowest BCUT2D eigenvalue weighted by molar-refractivity contribution is 0.591. The highest BCUT2D eigenvalue weighted by atomic mass is 35.5. The van der Waals surface area contributed by atoms with E-state index in [0.717, 1.165) is 17.6 Å². The van der Waals surface area contributed by atoms with Gasteiger partial charge in [-0.3, -0.25) is 0 Å². The van der Waals surface area contributed by atoms with Crippen LogP contribution in [0.15, 0.2) is 0 Å². The summed E-state index contributed by atoms with van der Waals surface area (Å²) < 4.78 is 22.3. The second kappa shape index (κ2) is 3.27. The summed E-state index contributed by atoms with van der Waals surface area (Å²) >= 11 is 6.59. The first-order chi connectivity index (χ1) is 5.41. The zero-order chi connectivity index (χ0) is 9.35. The fraction of sp³-hybridized carbons (Fsp3) is 0.600. The second-order valence-corrected chi connectivity index (χ2v) is 6.32. The van der Waals surface area contributed by atoms with Crippen LogP contribution in [-0.2, 0) is 9.84 Å². The molecule has 0 aliphatic heterocycles. The van der Waals surface area contributed by atoms with E-state index >= 15 is 0 Å². The van der Waals surface area contributed by atoms with Crippen molar-refractivity contribution in [2.45, 2.75) is 12.2 Å². The molecule has 1 aromatic rings. The molecule has 7 heteroatoms. The van der Waals surface area contributed by atoms with Crippen molar-refractivity contribution in [3.05, 3.63) is 9.47 Å². The van der Waals surface area contributed by atoms with Gasteiger partial charge in [0, 0.05) is 6.26 Å². The van der Waals surface area contributed by atoms with Crippen LogP contribution in [0.2, 0.25) is 4.47 Å². The molecule has 0 fully saturated rings. The fourth-order valence-electron chi connectivity index (χ4n) is 0.563. The number of sulfone groups is 1. The van der Waals surface area contributed by atoms with Gasteiger partial charge in [-0.15, -0.1) is 10.2 Å². The van der Waals surface area contributed by atoms with Crippen molar-refractivity contribution in [2.24, 2.45) is 0 Å². The molecule has 4 nitrogen and oxygen atoms in total. The Morgan fingerprint density at radius 2 is 2.08 bits per heavy atom. The third-order valence-corrected chi connectivity index (χ3v) is 4.26. The van der Waals surface area contributed by atoms with Crippen molar-refractivity contribution >= 4 is 32.8 Å². The molecule has 0 radical (unpaired) electrons. The Morgan fingerprint density at radius 1 is 1.50 bits per heavy atom. The van der Waals surface area contributed by atoms with Crippen LogP contribution >= 0.6 is 22.9 Å². The van der Waals surface area contributed by atoms with Crippen molar-refractivity contribution in [2.75, 3.05) is 6.26 Å². The highest BCUT2D eigenvalue weighted by Crippen LogP contribution is 2.25. The van der Waals surface area contributed by atoms with Crippen LogP contribution in [0, 0.1) is 0 Å². The van der Waals surface area contributed by atoms with Gasteiger partial charge in [0.25, 0.3) is 0 Å². The largest absolute Gasteiger partial charge is 0.228 e. The van der Waals surface area contributed by atoms with Gasteiger partial charge in [-0.2, -0.15) is 0 Å². The van der Waals surface area contributed by atoms with Crippen LogP contribution in [0.3, 0.4) is 0 Å². The normalized spacial score (nSPS) is 14.6. The number of aromatic nitrogens is 2. The third kappa shape index (κ3) is 2.15. The van der Waals surface area contributed by atoms with Crippen molar-refractivity contribution in [1.29, 1.82) is 0 Å². The van der Waals surface area contributed by atoms with Gasteiger partial charge in [0.1, 0.15) is 10.3 Å². The average Bonchev–Trinajstić information content (AvgIpc) is 2.32. The maximum atomic E-state index is 11.0. The summed E-state index contributed by atoms with van der Waals surface area (Å²) in [6.07, 6.45) is 1.16. The lowest BCUT2D eigenvalue weighted by atomic mass is 10.5. The zero-order valence-corrected chi connectivity index (χ0v) is 8.87. The summed E-state index contributed by atoms with van der Waals surface area (Å²) in [4.78, 5) is 0. The lowest BCUT2D eigenvalue weighted by Gasteiger charge is -2.02. The minimum atomic E-state index is -3.09. The molecule has 68 valence electrons. The Morgan fingerprint density at radius 3 is 2.42 bits per heavy atom. The van der Waals surface area contributed by atoms with Crippen LogP contribution in [0.25, 0.3) is 0 Å². The molecule has 0 N–H and O–H groups in total. The van der Waals surface area contributed by atoms with Crippen LogP contribution in [-0.4, -0.2) is 24.9 Å². The molecule has 1 unspecified atom stereocenters. The predicted molar refractivity (Wildman–Crippen MR) is 48.2 cm³/mol. The summed E-state index contributed by atoms with van der Waals surface area (Å²) in [7, 11) is -3.09. The number of hydrogen-bond acceptors (Lipinski definition) is 5. The molecule has 1 rings (SSSR count). The first-order valence-corrected chi connectivity index (χ1v) is 6.24. The third-order valence-electron chi connectivity index (χ3n) is 1.41. The summed E-state index contributed by atoms with van der Waals surface area (Å²) in [6.45, 7) is 1.56. The summed E-state index contributed by atoms with van der Waals surface area (Å²) in [5.74, 6) is 0. The first-order valence-electron chi connectivity index (χ1n) is 3.09. The summed E-state index contributed by atoms with van der Waals surface area (Å²) in [5.41, 5.74) is 0. The van der Waals surface area contributed by atoms with Gasteiger partial charge >= 0.3 is 0 Å². The van der Waals surface area contributed by atoms with Gasteiger partial charge in [0.2, 0.25) is 4.47 Å². The summed E-state index contributed by atoms with van der Waals surface area (Å²) in [6, 6.07) is 0. The molecule has 0 saturated heterocycles. The van der Waals surface area contributed by atoms with Crippen LogP contribution < -0.4 is 0 Å². The number of rotatable bonds is 2. The van der Waals surface area contributed by atoms with E-state index in [1.165, 1.54) is 0 Å². The molecular weight excluding hydrogens is 220 g/mol. The molecule has 0 bridgehead atoms. The standard InChI is InChI=1S/C5H7ClN2O2S2/c1-3(12(2,9)10)4-7-8-5(6)11-4/h3H,1-2H3. The zero-order valence-electron chi connectivity index (χ0n) is 6.48. The van der Waals surface area contributed by atoms with Crippen LogP contribution in [0.1, 0.15) is 17.2 Å². The van der Waals surface area contributed by atoms with Crippen molar-refractivity contribution < 1.29 is 8.42 Å². The lowest BCUT2D eigenvalue weighted by Crippen LogP contribution is -2.07. The first kappa shape index (κ1) is 9.88. The Kier molecular flexibility index (Phi) is 2.70. The molecule has 1 atom stereocenters. The van der Waals surface area contributed by atoms with Crippen molar-refractivity contribution in [1.82, 2.24) is 10.2 Å². The predicted octanol–water partition coefficient (Wildman–Crippen LogP) is 1.30. The summed E-state index contributed by atoms with van der Waals surface area (Å²) in [5, 5.41) is 6.97. The molecule has 1 heterocycles.